The summed E-state index contributed by atoms with van der Waals surface area (Å²) in [5, 5.41) is 12.9. The molecular weight excluding hydrogens is 410 g/mol. The van der Waals surface area contributed by atoms with Crippen molar-refractivity contribution in [2.24, 2.45) is 0 Å². The highest BCUT2D eigenvalue weighted by atomic mass is 32.2. The van der Waals surface area contributed by atoms with Gasteiger partial charge in [0.25, 0.3) is 0 Å². The number of ether oxygens (including phenoxy) is 1. The van der Waals surface area contributed by atoms with Crippen molar-refractivity contribution < 1.29 is 9.53 Å². The number of rotatable bonds is 8. The molecule has 0 radical (unpaired) electrons. The third-order valence-electron chi connectivity index (χ3n) is 5.29. The molecule has 0 saturated carbocycles. The molecule has 1 N–H and O–H groups in total. The number of amides is 1. The van der Waals surface area contributed by atoms with Crippen molar-refractivity contribution in [1.82, 2.24) is 19.7 Å². The summed E-state index contributed by atoms with van der Waals surface area (Å²) in [5.74, 6) is 2.15. The van der Waals surface area contributed by atoms with Gasteiger partial charge in [0.15, 0.2) is 11.0 Å². The third kappa shape index (κ3) is 5.38. The summed E-state index contributed by atoms with van der Waals surface area (Å²) in [6.45, 7) is 2.23. The number of thioether (sulfide) groups is 1. The molecule has 0 aliphatic carbocycles. The number of piperidine rings is 1. The van der Waals surface area contributed by atoms with Crippen LogP contribution in [0.15, 0.2) is 59.8 Å². The molecule has 0 bridgehead atoms. The Morgan fingerprint density at radius 2 is 1.77 bits per heavy atom. The second-order valence-corrected chi connectivity index (χ2v) is 8.32. The minimum Gasteiger partial charge on any atom is -0.497 e. The van der Waals surface area contributed by atoms with Crippen LogP contribution in [0.5, 0.6) is 5.75 Å². The molecule has 1 aliphatic rings. The smallest absolute Gasteiger partial charge is 0.233 e. The van der Waals surface area contributed by atoms with Crippen molar-refractivity contribution in [1.29, 1.82) is 0 Å². The monoisotopic (exact) mass is 437 g/mol. The van der Waals surface area contributed by atoms with E-state index in [1.54, 1.807) is 7.11 Å². The molecule has 0 atom stereocenters. The summed E-state index contributed by atoms with van der Waals surface area (Å²) in [7, 11) is 1.65. The van der Waals surface area contributed by atoms with E-state index in [2.05, 4.69) is 15.5 Å². The standard InChI is InChI=1S/C23H27N5O2S/c1-30-20-12-10-18(11-13-20)24-16-21-25-26-23(28(21)19-8-4-2-5-9-19)31-17-22(29)27-14-6-3-7-15-27/h2,4-5,8-13,24H,3,6-7,14-17H2,1H3. The lowest BCUT2D eigenvalue weighted by atomic mass is 10.1. The van der Waals surface area contributed by atoms with Crippen molar-refractivity contribution >= 4 is 23.4 Å². The zero-order valence-corrected chi connectivity index (χ0v) is 18.5. The van der Waals surface area contributed by atoms with Gasteiger partial charge in [0.05, 0.1) is 19.4 Å². The van der Waals surface area contributed by atoms with E-state index in [-0.39, 0.29) is 5.91 Å². The maximum absolute atomic E-state index is 12.6. The van der Waals surface area contributed by atoms with Gasteiger partial charge in [0.2, 0.25) is 5.91 Å². The second kappa shape index (κ2) is 10.3. The average molecular weight is 438 g/mol. The van der Waals surface area contributed by atoms with Crippen LogP contribution in [0.25, 0.3) is 5.69 Å². The molecule has 7 nitrogen and oxygen atoms in total. The van der Waals surface area contributed by atoms with E-state index in [9.17, 15) is 4.79 Å². The zero-order valence-electron chi connectivity index (χ0n) is 17.7. The normalized spacial score (nSPS) is 13.8. The summed E-state index contributed by atoms with van der Waals surface area (Å²) >= 11 is 1.44. The van der Waals surface area contributed by atoms with Gasteiger partial charge in [-0.15, -0.1) is 10.2 Å². The van der Waals surface area contributed by atoms with Gasteiger partial charge in [-0.3, -0.25) is 9.36 Å². The first-order chi connectivity index (χ1) is 15.2. The Balaban J connectivity index is 1.49. The van der Waals surface area contributed by atoms with Crippen LogP contribution in [-0.2, 0) is 11.3 Å². The highest BCUT2D eigenvalue weighted by molar-refractivity contribution is 7.99. The molecule has 1 fully saturated rings. The summed E-state index contributed by atoms with van der Waals surface area (Å²) < 4.78 is 7.23. The molecule has 8 heteroatoms. The van der Waals surface area contributed by atoms with Gasteiger partial charge in [0, 0.05) is 24.5 Å². The fourth-order valence-electron chi connectivity index (χ4n) is 3.60. The summed E-state index contributed by atoms with van der Waals surface area (Å²) in [5.41, 5.74) is 1.95. The second-order valence-electron chi connectivity index (χ2n) is 7.38. The van der Waals surface area contributed by atoms with Crippen LogP contribution in [0.3, 0.4) is 0 Å². The number of hydrogen-bond donors (Lipinski definition) is 1. The van der Waals surface area contributed by atoms with Crippen LogP contribution >= 0.6 is 11.8 Å². The molecule has 0 spiro atoms. The number of anilines is 1. The number of carbonyl (C=O) groups is 1. The SMILES string of the molecule is COc1ccc(NCc2nnc(SCC(=O)N3CCCCC3)n2-c2ccccc2)cc1. The maximum atomic E-state index is 12.6. The largest absolute Gasteiger partial charge is 0.497 e. The van der Waals surface area contributed by atoms with Crippen LogP contribution in [0.1, 0.15) is 25.1 Å². The first kappa shape index (κ1) is 21.2. The fraction of sp³-hybridized carbons (Fsp3) is 0.348. The van der Waals surface area contributed by atoms with Gasteiger partial charge in [-0.25, -0.2) is 0 Å². The highest BCUT2D eigenvalue weighted by Crippen LogP contribution is 2.24. The summed E-state index contributed by atoms with van der Waals surface area (Å²) in [4.78, 5) is 14.6. The molecule has 1 amide bonds. The van der Waals surface area contributed by atoms with Crippen molar-refractivity contribution in [3.05, 3.63) is 60.4 Å². The van der Waals surface area contributed by atoms with Crippen molar-refractivity contribution in [3.63, 3.8) is 0 Å². The lowest BCUT2D eigenvalue weighted by Crippen LogP contribution is -2.36. The Morgan fingerprint density at radius 1 is 1.03 bits per heavy atom. The lowest BCUT2D eigenvalue weighted by Gasteiger charge is -2.26. The third-order valence-corrected chi connectivity index (χ3v) is 6.20. The molecule has 3 aromatic rings. The average Bonchev–Trinajstić information content (AvgIpc) is 3.25. The highest BCUT2D eigenvalue weighted by Gasteiger charge is 2.20. The topological polar surface area (TPSA) is 72.3 Å². The van der Waals surface area contributed by atoms with Gasteiger partial charge < -0.3 is 15.0 Å². The van der Waals surface area contributed by atoms with Gasteiger partial charge in [-0.2, -0.15) is 0 Å². The van der Waals surface area contributed by atoms with Gasteiger partial charge in [-0.1, -0.05) is 30.0 Å². The number of carbonyl (C=O) groups excluding carboxylic acids is 1. The Bertz CT molecular complexity index is 985. The number of benzene rings is 2. The van der Waals surface area contributed by atoms with Gasteiger partial charge in [0.1, 0.15) is 5.75 Å². The molecule has 0 unspecified atom stereocenters. The van der Waals surface area contributed by atoms with Gasteiger partial charge in [-0.05, 0) is 55.7 Å². The number of aromatic nitrogens is 3. The lowest BCUT2D eigenvalue weighted by molar-refractivity contribution is -0.129. The number of para-hydroxylation sites is 1. The van der Waals surface area contributed by atoms with Crippen molar-refractivity contribution in [2.75, 3.05) is 31.3 Å². The number of likely N-dealkylation sites (tertiary alicyclic amines) is 1. The Hall–Kier alpha value is -3.00. The van der Waals surface area contributed by atoms with E-state index < -0.39 is 0 Å². The minimum atomic E-state index is 0.171. The molecule has 1 aliphatic heterocycles. The number of nitrogens with one attached hydrogen (secondary N) is 1. The molecular formula is C23H27N5O2S. The number of hydrogen-bond acceptors (Lipinski definition) is 6. The van der Waals surface area contributed by atoms with Crippen LogP contribution in [-0.4, -0.2) is 51.5 Å². The predicted molar refractivity (Wildman–Crippen MR) is 123 cm³/mol. The van der Waals surface area contributed by atoms with E-state index in [1.807, 2.05) is 64.1 Å². The zero-order chi connectivity index (χ0) is 21.5. The molecule has 1 saturated heterocycles. The first-order valence-corrected chi connectivity index (χ1v) is 11.5. The number of methoxy groups -OCH3 is 1. The van der Waals surface area contributed by atoms with Crippen LogP contribution in [0.2, 0.25) is 0 Å². The van der Waals surface area contributed by atoms with Crippen LogP contribution in [0.4, 0.5) is 5.69 Å². The molecule has 31 heavy (non-hydrogen) atoms. The van der Waals surface area contributed by atoms with Crippen molar-refractivity contribution in [3.8, 4) is 11.4 Å². The van der Waals surface area contributed by atoms with Gasteiger partial charge >= 0.3 is 0 Å². The first-order valence-electron chi connectivity index (χ1n) is 10.5. The van der Waals surface area contributed by atoms with E-state index in [0.717, 1.165) is 54.0 Å². The van der Waals surface area contributed by atoms with E-state index in [4.69, 9.17) is 4.74 Å². The van der Waals surface area contributed by atoms with E-state index >= 15 is 0 Å². The van der Waals surface area contributed by atoms with Crippen LogP contribution in [0, 0.1) is 0 Å². The van der Waals surface area contributed by atoms with E-state index in [0.29, 0.717) is 12.3 Å². The molecule has 1 aromatic heterocycles. The molecule has 4 rings (SSSR count). The summed E-state index contributed by atoms with van der Waals surface area (Å²) in [6.07, 6.45) is 3.40. The van der Waals surface area contributed by atoms with Crippen molar-refractivity contribution in [2.45, 2.75) is 31.0 Å². The fourth-order valence-corrected chi connectivity index (χ4v) is 4.47. The quantitative estimate of drug-likeness (QED) is 0.537. The Labute approximate surface area is 186 Å². The summed E-state index contributed by atoms with van der Waals surface area (Å²) in [6, 6.07) is 17.8. The Kier molecular flexibility index (Phi) is 7.09. The Morgan fingerprint density at radius 3 is 2.48 bits per heavy atom. The predicted octanol–water partition coefficient (Wildman–Crippen LogP) is 3.99. The molecule has 162 valence electrons. The van der Waals surface area contributed by atoms with Crippen LogP contribution < -0.4 is 10.1 Å². The number of nitrogens with zero attached hydrogens (tertiary/aromatic N) is 4. The minimum absolute atomic E-state index is 0.171. The maximum Gasteiger partial charge on any atom is 0.233 e. The molecule has 2 aromatic carbocycles. The van der Waals surface area contributed by atoms with E-state index in [1.165, 1.54) is 18.2 Å². The molecule has 2 heterocycles.